The van der Waals surface area contributed by atoms with Gasteiger partial charge in [0, 0.05) is 5.69 Å². The molecule has 1 aromatic heterocycles. The van der Waals surface area contributed by atoms with Crippen molar-refractivity contribution in [3.05, 3.63) is 16.1 Å². The summed E-state index contributed by atoms with van der Waals surface area (Å²) in [7, 11) is 0. The molecule has 0 aromatic carbocycles. The third kappa shape index (κ3) is 2.63. The van der Waals surface area contributed by atoms with Crippen molar-refractivity contribution >= 4 is 15.9 Å². The van der Waals surface area contributed by atoms with Gasteiger partial charge in [-0.1, -0.05) is 13.8 Å². The highest BCUT2D eigenvalue weighted by atomic mass is 79.9. The first-order valence-corrected chi connectivity index (χ1v) is 5.10. The van der Waals surface area contributed by atoms with Crippen molar-refractivity contribution in [1.82, 2.24) is 9.97 Å². The summed E-state index contributed by atoms with van der Waals surface area (Å²) in [6, 6.07) is 0. The summed E-state index contributed by atoms with van der Waals surface area (Å²) in [5.74, 6) is 1.74. The third-order valence-corrected chi connectivity index (χ3v) is 2.47. The minimum atomic E-state index is 0.750. The fourth-order valence-corrected chi connectivity index (χ4v) is 1.67. The maximum Gasteiger partial charge on any atom is 0.127 e. The van der Waals surface area contributed by atoms with Crippen LogP contribution in [0.3, 0.4) is 0 Å². The van der Waals surface area contributed by atoms with Crippen LogP contribution in [0.25, 0.3) is 0 Å². The van der Waals surface area contributed by atoms with Crippen molar-refractivity contribution in [3.63, 3.8) is 0 Å². The van der Waals surface area contributed by atoms with E-state index in [4.69, 9.17) is 0 Å². The van der Waals surface area contributed by atoms with Gasteiger partial charge in [-0.2, -0.15) is 0 Å². The summed E-state index contributed by atoms with van der Waals surface area (Å²) in [5.41, 5.74) is 1.22. The lowest BCUT2D eigenvalue weighted by Gasteiger charge is -2.01. The Kier molecular flexibility index (Phi) is 3.32. The molecule has 2 nitrogen and oxygen atoms in total. The lowest BCUT2D eigenvalue weighted by Crippen LogP contribution is -1.93. The maximum absolute atomic E-state index is 4.25. The van der Waals surface area contributed by atoms with Gasteiger partial charge in [0.15, 0.2) is 0 Å². The fraction of sp³-hybridized carbons (Fsp3) is 0.667. The largest absolute Gasteiger partial charge is 0.345 e. The van der Waals surface area contributed by atoms with Gasteiger partial charge in [-0.15, -0.1) is 0 Å². The molecule has 0 saturated heterocycles. The monoisotopic (exact) mass is 230 g/mol. The lowest BCUT2D eigenvalue weighted by atomic mass is 10.1. The summed E-state index contributed by atoms with van der Waals surface area (Å²) < 4.78 is 0.973. The van der Waals surface area contributed by atoms with Crippen molar-refractivity contribution in [1.29, 1.82) is 0 Å². The average molecular weight is 231 g/mol. The number of nitrogens with one attached hydrogen (secondary N) is 1. The van der Waals surface area contributed by atoms with Crippen LogP contribution in [0.15, 0.2) is 4.60 Å². The highest BCUT2D eigenvalue weighted by molar-refractivity contribution is 9.10. The quantitative estimate of drug-likeness (QED) is 0.850. The molecule has 1 N–H and O–H groups in total. The fourth-order valence-electron chi connectivity index (χ4n) is 1.11. The van der Waals surface area contributed by atoms with E-state index in [2.05, 4.69) is 39.7 Å². The second-order valence-electron chi connectivity index (χ2n) is 3.52. The molecule has 0 saturated carbocycles. The Labute approximate surface area is 81.9 Å². The molecule has 12 heavy (non-hydrogen) atoms. The zero-order valence-corrected chi connectivity index (χ0v) is 9.40. The number of H-pyrrole nitrogens is 1. The van der Waals surface area contributed by atoms with Gasteiger partial charge in [-0.05, 0) is 41.6 Å². The molecule has 0 bridgehead atoms. The Bertz CT molecular complexity index is 253. The maximum atomic E-state index is 4.25. The van der Waals surface area contributed by atoms with Gasteiger partial charge in [0.25, 0.3) is 0 Å². The molecule has 0 fully saturated rings. The van der Waals surface area contributed by atoms with E-state index >= 15 is 0 Å². The van der Waals surface area contributed by atoms with E-state index in [1.165, 1.54) is 12.1 Å². The van der Waals surface area contributed by atoms with Gasteiger partial charge in [-0.25, -0.2) is 4.98 Å². The molecule has 0 aliphatic heterocycles. The molecule has 0 atom stereocenters. The first kappa shape index (κ1) is 9.78. The van der Waals surface area contributed by atoms with Gasteiger partial charge in [0.2, 0.25) is 0 Å². The molecular weight excluding hydrogens is 216 g/mol. The van der Waals surface area contributed by atoms with E-state index in [1.807, 2.05) is 6.92 Å². The van der Waals surface area contributed by atoms with Gasteiger partial charge in [0.1, 0.15) is 10.4 Å². The van der Waals surface area contributed by atoms with Gasteiger partial charge in [-0.3, -0.25) is 0 Å². The van der Waals surface area contributed by atoms with E-state index < -0.39 is 0 Å². The van der Waals surface area contributed by atoms with Crippen LogP contribution < -0.4 is 0 Å². The number of nitrogens with zero attached hydrogens (tertiary/aromatic N) is 1. The summed E-state index contributed by atoms with van der Waals surface area (Å²) in [6.45, 7) is 6.44. The smallest absolute Gasteiger partial charge is 0.127 e. The third-order valence-electron chi connectivity index (χ3n) is 1.82. The number of hydrogen-bond donors (Lipinski definition) is 1. The summed E-state index contributed by atoms with van der Waals surface area (Å²) in [4.78, 5) is 7.49. The average Bonchev–Trinajstić information content (AvgIpc) is 2.26. The summed E-state index contributed by atoms with van der Waals surface area (Å²) >= 11 is 3.42. The predicted molar refractivity (Wildman–Crippen MR) is 54.2 cm³/mol. The van der Waals surface area contributed by atoms with Crippen LogP contribution in [0.2, 0.25) is 0 Å². The minimum Gasteiger partial charge on any atom is -0.345 e. The number of rotatable bonds is 3. The van der Waals surface area contributed by atoms with Gasteiger partial charge in [0.05, 0.1) is 0 Å². The van der Waals surface area contributed by atoms with Crippen molar-refractivity contribution in [2.45, 2.75) is 33.6 Å². The van der Waals surface area contributed by atoms with Gasteiger partial charge >= 0.3 is 0 Å². The highest BCUT2D eigenvalue weighted by Crippen LogP contribution is 2.16. The van der Waals surface area contributed by atoms with Crippen LogP contribution in [-0.2, 0) is 6.42 Å². The molecule has 1 aromatic rings. The molecule has 0 amide bonds. The first-order chi connectivity index (χ1) is 5.59. The summed E-state index contributed by atoms with van der Waals surface area (Å²) in [6.07, 6.45) is 2.29. The Morgan fingerprint density at radius 3 is 2.58 bits per heavy atom. The minimum absolute atomic E-state index is 0.750. The van der Waals surface area contributed by atoms with Crippen molar-refractivity contribution in [3.8, 4) is 0 Å². The van der Waals surface area contributed by atoms with E-state index in [0.29, 0.717) is 0 Å². The Hall–Kier alpha value is -0.310. The van der Waals surface area contributed by atoms with E-state index in [0.717, 1.165) is 22.8 Å². The topological polar surface area (TPSA) is 28.7 Å². The number of imidazole rings is 1. The Morgan fingerprint density at radius 1 is 1.50 bits per heavy atom. The highest BCUT2D eigenvalue weighted by Gasteiger charge is 2.05. The molecule has 1 heterocycles. The SMILES string of the molecule is Cc1nc(Br)c(CCC(C)C)[nH]1. The zero-order chi connectivity index (χ0) is 9.14. The second-order valence-corrected chi connectivity index (χ2v) is 4.28. The normalized spacial score (nSPS) is 11.1. The van der Waals surface area contributed by atoms with Crippen LogP contribution in [-0.4, -0.2) is 9.97 Å². The molecular formula is C9H15BrN2. The van der Waals surface area contributed by atoms with Crippen molar-refractivity contribution < 1.29 is 0 Å². The van der Waals surface area contributed by atoms with Crippen LogP contribution in [0.4, 0.5) is 0 Å². The second kappa shape index (κ2) is 4.08. The summed E-state index contributed by atoms with van der Waals surface area (Å²) in [5, 5.41) is 0. The van der Waals surface area contributed by atoms with E-state index in [-0.39, 0.29) is 0 Å². The molecule has 0 spiro atoms. The molecule has 3 heteroatoms. The molecule has 0 unspecified atom stereocenters. The predicted octanol–water partition coefficient (Wildman–Crippen LogP) is 3.07. The van der Waals surface area contributed by atoms with E-state index in [9.17, 15) is 0 Å². The number of halogens is 1. The Morgan fingerprint density at radius 2 is 2.17 bits per heavy atom. The molecule has 0 radical (unpaired) electrons. The number of aromatic nitrogens is 2. The van der Waals surface area contributed by atoms with Crippen molar-refractivity contribution in [2.24, 2.45) is 5.92 Å². The number of aromatic amines is 1. The molecule has 0 aliphatic carbocycles. The standard InChI is InChI=1S/C9H15BrN2/c1-6(2)4-5-8-9(10)12-7(3)11-8/h6H,4-5H2,1-3H3,(H,11,12). The van der Waals surface area contributed by atoms with E-state index in [1.54, 1.807) is 0 Å². The molecule has 1 rings (SSSR count). The van der Waals surface area contributed by atoms with Crippen molar-refractivity contribution in [2.75, 3.05) is 0 Å². The number of aryl methyl sites for hydroxylation is 2. The van der Waals surface area contributed by atoms with Gasteiger partial charge < -0.3 is 4.98 Å². The number of hydrogen-bond acceptors (Lipinski definition) is 1. The lowest BCUT2D eigenvalue weighted by molar-refractivity contribution is 0.581. The first-order valence-electron chi connectivity index (χ1n) is 4.30. The van der Waals surface area contributed by atoms with Crippen LogP contribution in [0.5, 0.6) is 0 Å². The molecule has 68 valence electrons. The van der Waals surface area contributed by atoms with Crippen LogP contribution in [0.1, 0.15) is 31.8 Å². The molecule has 0 aliphatic rings. The zero-order valence-electron chi connectivity index (χ0n) is 7.82. The Balaban J connectivity index is 2.57. The van der Waals surface area contributed by atoms with Crippen LogP contribution >= 0.6 is 15.9 Å². The van der Waals surface area contributed by atoms with Crippen LogP contribution in [0, 0.1) is 12.8 Å².